The fourth-order valence-corrected chi connectivity index (χ4v) is 1.73. The maximum absolute atomic E-state index is 9.08. The highest BCUT2D eigenvalue weighted by Gasteiger charge is 2.05. The summed E-state index contributed by atoms with van der Waals surface area (Å²) in [7, 11) is 0. The first kappa shape index (κ1) is 12.0. The largest absolute Gasteiger partial charge is 0.395 e. The summed E-state index contributed by atoms with van der Waals surface area (Å²) >= 11 is 0. The van der Waals surface area contributed by atoms with E-state index in [9.17, 15) is 0 Å². The smallest absolute Gasteiger partial charge is 0.155 e. The Hall–Kier alpha value is -1.46. The van der Waals surface area contributed by atoms with Crippen LogP contribution in [0.4, 0.5) is 0 Å². The molecule has 0 unspecified atom stereocenters. The zero-order valence-electron chi connectivity index (χ0n) is 10.2. The Labute approximate surface area is 100 Å². The second-order valence-electron chi connectivity index (χ2n) is 4.22. The topological polar surface area (TPSA) is 62.5 Å². The third-order valence-corrected chi connectivity index (χ3v) is 2.80. The predicted octanol–water partition coefficient (Wildman–Crippen LogP) is 0.898. The second kappa shape index (κ2) is 5.25. The van der Waals surface area contributed by atoms with Gasteiger partial charge < -0.3 is 10.4 Å². The summed E-state index contributed by atoms with van der Waals surface area (Å²) in [6.07, 6.45) is 4.72. The molecule has 0 bridgehead atoms. The molecule has 0 fully saturated rings. The van der Waals surface area contributed by atoms with E-state index in [0.717, 1.165) is 23.3 Å². The van der Waals surface area contributed by atoms with Gasteiger partial charge in [0.25, 0.3) is 0 Å². The van der Waals surface area contributed by atoms with Gasteiger partial charge in [0.1, 0.15) is 0 Å². The molecule has 0 aromatic carbocycles. The van der Waals surface area contributed by atoms with Gasteiger partial charge in [0.05, 0.1) is 12.3 Å². The van der Waals surface area contributed by atoms with Gasteiger partial charge >= 0.3 is 0 Å². The molecule has 0 saturated carbocycles. The van der Waals surface area contributed by atoms with Gasteiger partial charge in [-0.15, -0.1) is 0 Å². The summed E-state index contributed by atoms with van der Waals surface area (Å²) in [5.74, 6) is 0. The van der Waals surface area contributed by atoms with Gasteiger partial charge in [-0.25, -0.2) is 9.50 Å². The van der Waals surface area contributed by atoms with Gasteiger partial charge in [-0.3, -0.25) is 0 Å². The molecule has 0 saturated heterocycles. The molecular weight excluding hydrogens is 216 g/mol. The summed E-state index contributed by atoms with van der Waals surface area (Å²) < 4.78 is 1.78. The van der Waals surface area contributed by atoms with Crippen LogP contribution in [-0.4, -0.2) is 32.4 Å². The molecular formula is C12H18N4O. The van der Waals surface area contributed by atoms with Crippen molar-refractivity contribution in [1.29, 1.82) is 0 Å². The number of hydrogen-bond donors (Lipinski definition) is 2. The number of aryl methyl sites for hydroxylation is 1. The lowest BCUT2D eigenvalue weighted by atomic mass is 10.2. The average Bonchev–Trinajstić information content (AvgIpc) is 2.69. The highest BCUT2D eigenvalue weighted by molar-refractivity contribution is 5.38. The van der Waals surface area contributed by atoms with Crippen LogP contribution in [0.25, 0.3) is 5.65 Å². The first-order chi connectivity index (χ1) is 8.22. The van der Waals surface area contributed by atoms with E-state index in [-0.39, 0.29) is 12.6 Å². The molecule has 5 heteroatoms. The van der Waals surface area contributed by atoms with Gasteiger partial charge in [-0.2, -0.15) is 5.10 Å². The number of nitrogens with one attached hydrogen (secondary N) is 1. The minimum absolute atomic E-state index is 0.144. The van der Waals surface area contributed by atoms with Crippen molar-refractivity contribution in [1.82, 2.24) is 19.9 Å². The standard InChI is InChI=1S/C12H18N4O/c1-3-11(8-17)13-5-10-6-14-12-4-9(2)15-16(12)7-10/h4,6-7,11,13,17H,3,5,8H2,1-2H3/t11-/m1/s1. The van der Waals surface area contributed by atoms with E-state index in [0.29, 0.717) is 6.54 Å². The number of aliphatic hydroxyl groups is 1. The van der Waals surface area contributed by atoms with E-state index in [2.05, 4.69) is 15.4 Å². The van der Waals surface area contributed by atoms with Crippen molar-refractivity contribution in [2.75, 3.05) is 6.61 Å². The predicted molar refractivity (Wildman–Crippen MR) is 65.7 cm³/mol. The molecule has 2 aromatic rings. The lowest BCUT2D eigenvalue weighted by Gasteiger charge is -2.13. The highest BCUT2D eigenvalue weighted by atomic mass is 16.3. The molecule has 0 aliphatic heterocycles. The first-order valence-electron chi connectivity index (χ1n) is 5.88. The number of fused-ring (bicyclic) bond motifs is 1. The Balaban J connectivity index is 2.08. The van der Waals surface area contributed by atoms with Crippen LogP contribution in [0.2, 0.25) is 0 Å². The second-order valence-corrected chi connectivity index (χ2v) is 4.22. The third-order valence-electron chi connectivity index (χ3n) is 2.80. The molecule has 0 amide bonds. The van der Waals surface area contributed by atoms with Gasteiger partial charge in [-0.05, 0) is 13.3 Å². The van der Waals surface area contributed by atoms with Crippen LogP contribution < -0.4 is 5.32 Å². The van der Waals surface area contributed by atoms with Crippen molar-refractivity contribution in [3.8, 4) is 0 Å². The molecule has 17 heavy (non-hydrogen) atoms. The number of nitrogens with zero attached hydrogens (tertiary/aromatic N) is 3. The van der Waals surface area contributed by atoms with E-state index in [4.69, 9.17) is 5.11 Å². The SMILES string of the molecule is CC[C@H](CO)NCc1cnc2cc(C)nn2c1. The summed E-state index contributed by atoms with van der Waals surface area (Å²) in [4.78, 5) is 4.33. The molecule has 0 aliphatic carbocycles. The van der Waals surface area contributed by atoms with Crippen LogP contribution in [-0.2, 0) is 6.54 Å². The maximum atomic E-state index is 9.08. The van der Waals surface area contributed by atoms with Gasteiger partial charge in [0.2, 0.25) is 0 Å². The van der Waals surface area contributed by atoms with Gasteiger partial charge in [0, 0.05) is 36.6 Å². The Morgan fingerprint density at radius 1 is 1.53 bits per heavy atom. The summed E-state index contributed by atoms with van der Waals surface area (Å²) in [5.41, 5.74) is 2.89. The van der Waals surface area contributed by atoms with Crippen LogP contribution in [0.15, 0.2) is 18.5 Å². The Morgan fingerprint density at radius 2 is 2.35 bits per heavy atom. The fourth-order valence-electron chi connectivity index (χ4n) is 1.73. The van der Waals surface area contributed by atoms with Crippen molar-refractivity contribution >= 4 is 5.65 Å². The van der Waals surface area contributed by atoms with E-state index in [1.807, 2.05) is 32.3 Å². The van der Waals surface area contributed by atoms with Crippen molar-refractivity contribution in [3.63, 3.8) is 0 Å². The van der Waals surface area contributed by atoms with Crippen LogP contribution in [0.1, 0.15) is 24.6 Å². The van der Waals surface area contributed by atoms with E-state index in [1.54, 1.807) is 4.52 Å². The van der Waals surface area contributed by atoms with E-state index in [1.165, 1.54) is 0 Å². The zero-order valence-corrected chi connectivity index (χ0v) is 10.2. The van der Waals surface area contributed by atoms with E-state index < -0.39 is 0 Å². The molecule has 2 rings (SSSR count). The number of rotatable bonds is 5. The van der Waals surface area contributed by atoms with Gasteiger partial charge in [-0.1, -0.05) is 6.92 Å². The summed E-state index contributed by atoms with van der Waals surface area (Å²) in [5, 5.41) is 16.7. The summed E-state index contributed by atoms with van der Waals surface area (Å²) in [6, 6.07) is 2.09. The molecule has 92 valence electrons. The molecule has 2 aromatic heterocycles. The quantitative estimate of drug-likeness (QED) is 0.807. The van der Waals surface area contributed by atoms with Crippen LogP contribution in [0.5, 0.6) is 0 Å². The molecule has 2 N–H and O–H groups in total. The van der Waals surface area contributed by atoms with Crippen LogP contribution in [0.3, 0.4) is 0 Å². The number of hydrogen-bond acceptors (Lipinski definition) is 4. The maximum Gasteiger partial charge on any atom is 0.155 e. The normalized spacial score (nSPS) is 13.1. The number of aliphatic hydroxyl groups excluding tert-OH is 1. The van der Waals surface area contributed by atoms with Crippen LogP contribution in [0, 0.1) is 6.92 Å². The molecule has 5 nitrogen and oxygen atoms in total. The molecule has 2 heterocycles. The van der Waals surface area contributed by atoms with Crippen molar-refractivity contribution in [3.05, 3.63) is 29.7 Å². The number of aromatic nitrogens is 3. The van der Waals surface area contributed by atoms with Crippen molar-refractivity contribution in [2.45, 2.75) is 32.9 Å². The van der Waals surface area contributed by atoms with Crippen molar-refractivity contribution in [2.24, 2.45) is 0 Å². The Bertz CT molecular complexity index is 490. The Kier molecular flexibility index (Phi) is 3.71. The minimum Gasteiger partial charge on any atom is -0.395 e. The van der Waals surface area contributed by atoms with E-state index >= 15 is 0 Å². The lowest BCUT2D eigenvalue weighted by Crippen LogP contribution is -2.31. The van der Waals surface area contributed by atoms with Gasteiger partial charge in [0.15, 0.2) is 5.65 Å². The molecule has 1 atom stereocenters. The third kappa shape index (κ3) is 2.81. The molecule has 0 spiro atoms. The molecule has 0 radical (unpaired) electrons. The summed E-state index contributed by atoms with van der Waals surface area (Å²) in [6.45, 7) is 4.85. The highest BCUT2D eigenvalue weighted by Crippen LogP contribution is 2.05. The Morgan fingerprint density at radius 3 is 3.06 bits per heavy atom. The van der Waals surface area contributed by atoms with Crippen LogP contribution >= 0.6 is 0 Å². The minimum atomic E-state index is 0.144. The zero-order chi connectivity index (χ0) is 12.3. The lowest BCUT2D eigenvalue weighted by molar-refractivity contribution is 0.238. The monoisotopic (exact) mass is 234 g/mol. The fraction of sp³-hybridized carbons (Fsp3) is 0.500. The van der Waals surface area contributed by atoms with Crippen molar-refractivity contribution < 1.29 is 5.11 Å². The first-order valence-corrected chi connectivity index (χ1v) is 5.88. The molecule has 0 aliphatic rings. The average molecular weight is 234 g/mol.